The van der Waals surface area contributed by atoms with Gasteiger partial charge in [0.05, 0.1) is 0 Å². The van der Waals surface area contributed by atoms with Crippen LogP contribution >= 0.6 is 0 Å². The maximum absolute atomic E-state index is 12.4. The molecule has 0 heterocycles. The fraction of sp³-hybridized carbons (Fsp3) is 0.833. The standard InChI is InChI=1S/C12H21N3O2/c1-11(7-8-11)14-10(16)12(9(13)15-17)5-3-2-4-6-12/h17H,2-8H2,1H3,(H2,13,15)(H,14,16). The Morgan fingerprint density at radius 1 is 1.24 bits per heavy atom. The van der Waals surface area contributed by atoms with Gasteiger partial charge in [0.25, 0.3) is 0 Å². The Kier molecular flexibility index (Phi) is 3.02. The van der Waals surface area contributed by atoms with Crippen molar-refractivity contribution in [3.05, 3.63) is 0 Å². The van der Waals surface area contributed by atoms with Crippen LogP contribution < -0.4 is 11.1 Å². The molecule has 0 saturated heterocycles. The Labute approximate surface area is 101 Å². The quantitative estimate of drug-likeness (QED) is 0.301. The van der Waals surface area contributed by atoms with Gasteiger partial charge in [0, 0.05) is 5.54 Å². The van der Waals surface area contributed by atoms with Crippen LogP contribution in [0.2, 0.25) is 0 Å². The summed E-state index contributed by atoms with van der Waals surface area (Å²) in [6.07, 6.45) is 6.44. The SMILES string of the molecule is CC1(NC(=O)C2(C(N)=NO)CCCCC2)CC1. The van der Waals surface area contributed by atoms with Gasteiger partial charge in [0.1, 0.15) is 5.41 Å². The van der Waals surface area contributed by atoms with Gasteiger partial charge >= 0.3 is 0 Å². The van der Waals surface area contributed by atoms with E-state index in [9.17, 15) is 4.79 Å². The molecule has 0 aromatic carbocycles. The molecule has 0 aromatic heterocycles. The number of carbonyl (C=O) groups is 1. The maximum Gasteiger partial charge on any atom is 0.234 e. The van der Waals surface area contributed by atoms with Gasteiger partial charge < -0.3 is 16.3 Å². The van der Waals surface area contributed by atoms with E-state index < -0.39 is 5.41 Å². The lowest BCUT2D eigenvalue weighted by atomic mass is 9.72. The summed E-state index contributed by atoms with van der Waals surface area (Å²) in [6, 6.07) is 0. The molecule has 2 aliphatic carbocycles. The molecular formula is C12H21N3O2. The molecule has 2 rings (SSSR count). The summed E-state index contributed by atoms with van der Waals surface area (Å²) < 4.78 is 0. The minimum atomic E-state index is -0.779. The molecule has 2 fully saturated rings. The van der Waals surface area contributed by atoms with Crippen LogP contribution in [0.3, 0.4) is 0 Å². The molecule has 0 bridgehead atoms. The molecule has 0 aromatic rings. The average Bonchev–Trinajstić information content (AvgIpc) is 3.06. The third-order valence-corrected chi connectivity index (χ3v) is 4.16. The van der Waals surface area contributed by atoms with Crippen LogP contribution in [0.25, 0.3) is 0 Å². The van der Waals surface area contributed by atoms with Crippen molar-refractivity contribution in [2.45, 2.75) is 57.4 Å². The first-order valence-electron chi connectivity index (χ1n) is 6.33. The van der Waals surface area contributed by atoms with E-state index >= 15 is 0 Å². The molecule has 5 nitrogen and oxygen atoms in total. The van der Waals surface area contributed by atoms with E-state index in [0.29, 0.717) is 12.8 Å². The number of amidine groups is 1. The van der Waals surface area contributed by atoms with E-state index in [1.165, 1.54) is 0 Å². The van der Waals surface area contributed by atoms with Crippen LogP contribution in [0.15, 0.2) is 5.16 Å². The summed E-state index contributed by atoms with van der Waals surface area (Å²) in [4.78, 5) is 12.4. The van der Waals surface area contributed by atoms with Gasteiger partial charge in [-0.1, -0.05) is 24.4 Å². The fourth-order valence-electron chi connectivity index (χ4n) is 2.56. The number of nitrogens with one attached hydrogen (secondary N) is 1. The Hall–Kier alpha value is -1.26. The highest BCUT2D eigenvalue weighted by atomic mass is 16.4. The molecular weight excluding hydrogens is 218 g/mol. The van der Waals surface area contributed by atoms with E-state index in [0.717, 1.165) is 32.1 Å². The highest BCUT2D eigenvalue weighted by Gasteiger charge is 2.48. The predicted molar refractivity (Wildman–Crippen MR) is 64.7 cm³/mol. The summed E-state index contributed by atoms with van der Waals surface area (Å²) in [5.41, 5.74) is 4.92. The van der Waals surface area contributed by atoms with Crippen LogP contribution in [0.4, 0.5) is 0 Å². The number of nitrogens with two attached hydrogens (primary N) is 1. The van der Waals surface area contributed by atoms with Crippen molar-refractivity contribution in [2.24, 2.45) is 16.3 Å². The van der Waals surface area contributed by atoms with E-state index in [2.05, 4.69) is 10.5 Å². The van der Waals surface area contributed by atoms with Crippen LogP contribution in [-0.4, -0.2) is 22.5 Å². The number of amides is 1. The number of hydrogen-bond acceptors (Lipinski definition) is 3. The van der Waals surface area contributed by atoms with Crippen molar-refractivity contribution >= 4 is 11.7 Å². The Balaban J connectivity index is 2.17. The third kappa shape index (κ3) is 2.23. The first kappa shape index (κ1) is 12.2. The number of rotatable bonds is 3. The summed E-state index contributed by atoms with van der Waals surface area (Å²) in [7, 11) is 0. The minimum absolute atomic E-state index is 0.0583. The van der Waals surface area contributed by atoms with Crippen molar-refractivity contribution in [3.63, 3.8) is 0 Å². The van der Waals surface area contributed by atoms with E-state index in [1.807, 2.05) is 6.92 Å². The van der Waals surface area contributed by atoms with Gasteiger partial charge in [0.2, 0.25) is 5.91 Å². The zero-order valence-corrected chi connectivity index (χ0v) is 10.3. The van der Waals surface area contributed by atoms with E-state index in [1.54, 1.807) is 0 Å². The van der Waals surface area contributed by atoms with Crippen molar-refractivity contribution < 1.29 is 10.0 Å². The van der Waals surface area contributed by atoms with Crippen LogP contribution in [-0.2, 0) is 4.79 Å². The first-order chi connectivity index (χ1) is 8.02. The Bertz CT molecular complexity index is 342. The lowest BCUT2D eigenvalue weighted by Crippen LogP contribution is -2.53. The van der Waals surface area contributed by atoms with Crippen LogP contribution in [0.1, 0.15) is 51.9 Å². The number of nitrogens with zero attached hydrogens (tertiary/aromatic N) is 1. The molecule has 0 unspecified atom stereocenters. The van der Waals surface area contributed by atoms with Crippen molar-refractivity contribution in [3.8, 4) is 0 Å². The van der Waals surface area contributed by atoms with Crippen LogP contribution in [0.5, 0.6) is 0 Å². The fourth-order valence-corrected chi connectivity index (χ4v) is 2.56. The third-order valence-electron chi connectivity index (χ3n) is 4.16. The second kappa shape index (κ2) is 4.20. The highest BCUT2D eigenvalue weighted by Crippen LogP contribution is 2.40. The maximum atomic E-state index is 12.4. The van der Waals surface area contributed by atoms with Gasteiger partial charge in [-0.15, -0.1) is 0 Å². The lowest BCUT2D eigenvalue weighted by Gasteiger charge is -2.35. The first-order valence-corrected chi connectivity index (χ1v) is 6.33. The molecule has 1 amide bonds. The van der Waals surface area contributed by atoms with Crippen LogP contribution in [0, 0.1) is 5.41 Å². The molecule has 5 heteroatoms. The molecule has 96 valence electrons. The summed E-state index contributed by atoms with van der Waals surface area (Å²) >= 11 is 0. The van der Waals surface area contributed by atoms with Gasteiger partial charge in [-0.3, -0.25) is 4.79 Å². The van der Waals surface area contributed by atoms with E-state index in [4.69, 9.17) is 10.9 Å². The normalized spacial score (nSPS) is 26.3. The molecule has 4 N–H and O–H groups in total. The largest absolute Gasteiger partial charge is 0.409 e. The van der Waals surface area contributed by atoms with Gasteiger partial charge in [-0.2, -0.15) is 0 Å². The van der Waals surface area contributed by atoms with E-state index in [-0.39, 0.29) is 17.3 Å². The predicted octanol–water partition coefficient (Wildman–Crippen LogP) is 1.35. The number of hydrogen-bond donors (Lipinski definition) is 3. The van der Waals surface area contributed by atoms with Gasteiger partial charge in [-0.25, -0.2) is 0 Å². The number of carbonyl (C=O) groups excluding carboxylic acids is 1. The average molecular weight is 239 g/mol. The second-order valence-electron chi connectivity index (χ2n) is 5.64. The monoisotopic (exact) mass is 239 g/mol. The van der Waals surface area contributed by atoms with Crippen molar-refractivity contribution in [1.82, 2.24) is 5.32 Å². The lowest BCUT2D eigenvalue weighted by molar-refractivity contribution is -0.129. The molecule has 0 radical (unpaired) electrons. The van der Waals surface area contributed by atoms with Crippen molar-refractivity contribution in [1.29, 1.82) is 0 Å². The molecule has 0 spiro atoms. The Morgan fingerprint density at radius 2 is 1.82 bits per heavy atom. The highest BCUT2D eigenvalue weighted by molar-refractivity contribution is 6.07. The zero-order valence-electron chi connectivity index (χ0n) is 10.3. The molecule has 0 atom stereocenters. The second-order valence-corrected chi connectivity index (χ2v) is 5.64. The molecule has 2 aliphatic rings. The Morgan fingerprint density at radius 3 is 2.29 bits per heavy atom. The summed E-state index contributed by atoms with van der Waals surface area (Å²) in [6.45, 7) is 2.04. The minimum Gasteiger partial charge on any atom is -0.409 e. The number of oxime groups is 1. The summed E-state index contributed by atoms with van der Waals surface area (Å²) in [5.74, 6) is 0.00597. The topological polar surface area (TPSA) is 87.7 Å². The van der Waals surface area contributed by atoms with Gasteiger partial charge in [-0.05, 0) is 32.6 Å². The molecule has 0 aliphatic heterocycles. The molecule has 17 heavy (non-hydrogen) atoms. The van der Waals surface area contributed by atoms with Gasteiger partial charge in [0.15, 0.2) is 5.84 Å². The molecule has 2 saturated carbocycles. The van der Waals surface area contributed by atoms with Crippen molar-refractivity contribution in [2.75, 3.05) is 0 Å². The smallest absolute Gasteiger partial charge is 0.234 e. The zero-order chi connectivity index (χ0) is 12.5. The summed E-state index contributed by atoms with van der Waals surface area (Å²) in [5, 5.41) is 15.0.